The summed E-state index contributed by atoms with van der Waals surface area (Å²) in [6.07, 6.45) is 2.44. The van der Waals surface area contributed by atoms with Crippen LogP contribution in [0, 0.1) is 5.92 Å². The minimum absolute atomic E-state index is 0.0324. The Balaban J connectivity index is 2.54. The van der Waals surface area contributed by atoms with E-state index in [0.717, 1.165) is 6.42 Å². The average Bonchev–Trinajstić information content (AvgIpc) is 2.14. The van der Waals surface area contributed by atoms with Gasteiger partial charge in [0.15, 0.2) is 0 Å². The van der Waals surface area contributed by atoms with Crippen LogP contribution in [0.25, 0.3) is 0 Å². The molecule has 0 aromatic rings. The summed E-state index contributed by atoms with van der Waals surface area (Å²) in [6.45, 7) is 4.06. The molecular formula is C6H8O2. The van der Waals surface area contributed by atoms with E-state index in [0.29, 0.717) is 6.61 Å². The normalized spacial score (nSPS) is 27.5. The van der Waals surface area contributed by atoms with Crippen molar-refractivity contribution in [2.45, 2.75) is 6.42 Å². The maximum Gasteiger partial charge on any atom is 0.312 e. The summed E-state index contributed by atoms with van der Waals surface area (Å²) in [5.74, 6) is -0.157. The number of hydrogen-bond acceptors (Lipinski definition) is 2. The molecule has 2 nitrogen and oxygen atoms in total. The third-order valence-electron chi connectivity index (χ3n) is 1.26. The highest BCUT2D eigenvalue weighted by Gasteiger charge is 2.22. The SMILES string of the molecule is C=CC1CCOC1=O. The topological polar surface area (TPSA) is 26.3 Å². The molecule has 0 aliphatic carbocycles. The molecule has 0 radical (unpaired) electrons. The average molecular weight is 112 g/mol. The van der Waals surface area contributed by atoms with Gasteiger partial charge in [0.25, 0.3) is 0 Å². The molecule has 8 heavy (non-hydrogen) atoms. The highest BCUT2D eigenvalue weighted by atomic mass is 16.5. The predicted molar refractivity (Wildman–Crippen MR) is 29.3 cm³/mol. The zero-order valence-electron chi connectivity index (χ0n) is 4.59. The van der Waals surface area contributed by atoms with Crippen LogP contribution < -0.4 is 0 Å². The largest absolute Gasteiger partial charge is 0.465 e. The lowest BCUT2D eigenvalue weighted by molar-refractivity contribution is -0.140. The first-order valence-corrected chi connectivity index (χ1v) is 2.64. The third-order valence-corrected chi connectivity index (χ3v) is 1.26. The van der Waals surface area contributed by atoms with Gasteiger partial charge in [-0.25, -0.2) is 0 Å². The van der Waals surface area contributed by atoms with Gasteiger partial charge in [-0.1, -0.05) is 6.08 Å². The summed E-state index contributed by atoms with van der Waals surface area (Å²) in [6, 6.07) is 0. The standard InChI is InChI=1S/C6H8O2/c1-2-5-3-4-8-6(5)7/h2,5H,1,3-4H2. The number of hydrogen-bond donors (Lipinski definition) is 0. The fraction of sp³-hybridized carbons (Fsp3) is 0.500. The first-order valence-electron chi connectivity index (χ1n) is 2.64. The number of carbonyl (C=O) groups is 1. The van der Waals surface area contributed by atoms with Crippen LogP contribution in [0.4, 0.5) is 0 Å². The van der Waals surface area contributed by atoms with Crippen molar-refractivity contribution in [3.8, 4) is 0 Å². The van der Waals surface area contributed by atoms with Crippen LogP contribution in [-0.2, 0) is 9.53 Å². The molecule has 0 saturated carbocycles. The predicted octanol–water partition coefficient (Wildman–Crippen LogP) is 0.736. The quantitative estimate of drug-likeness (QED) is 0.369. The molecule has 0 aromatic heterocycles. The van der Waals surface area contributed by atoms with E-state index in [2.05, 4.69) is 11.3 Å². The van der Waals surface area contributed by atoms with Crippen LogP contribution in [0.3, 0.4) is 0 Å². The van der Waals surface area contributed by atoms with E-state index in [1.54, 1.807) is 6.08 Å². The molecule has 0 spiro atoms. The van der Waals surface area contributed by atoms with Crippen LogP contribution in [0.2, 0.25) is 0 Å². The zero-order valence-corrected chi connectivity index (χ0v) is 4.59. The molecule has 0 aromatic carbocycles. The Kier molecular flexibility index (Phi) is 1.33. The summed E-state index contributed by atoms with van der Waals surface area (Å²) in [5, 5.41) is 0. The number of esters is 1. The van der Waals surface area contributed by atoms with Gasteiger partial charge in [0.1, 0.15) is 0 Å². The number of rotatable bonds is 1. The van der Waals surface area contributed by atoms with Crippen LogP contribution in [0.15, 0.2) is 12.7 Å². The zero-order chi connectivity index (χ0) is 5.98. The molecule has 1 atom stereocenters. The molecular weight excluding hydrogens is 104 g/mol. The molecule has 0 bridgehead atoms. The molecule has 1 rings (SSSR count). The van der Waals surface area contributed by atoms with Gasteiger partial charge >= 0.3 is 5.97 Å². The fourth-order valence-electron chi connectivity index (χ4n) is 0.725. The number of cyclic esters (lactones) is 1. The minimum Gasteiger partial charge on any atom is -0.465 e. The van der Waals surface area contributed by atoms with E-state index in [9.17, 15) is 4.79 Å². The lowest BCUT2D eigenvalue weighted by Gasteiger charge is -1.91. The highest BCUT2D eigenvalue weighted by Crippen LogP contribution is 2.13. The van der Waals surface area contributed by atoms with Gasteiger partial charge < -0.3 is 4.74 Å². The van der Waals surface area contributed by atoms with Crippen molar-refractivity contribution in [3.05, 3.63) is 12.7 Å². The smallest absolute Gasteiger partial charge is 0.312 e. The van der Waals surface area contributed by atoms with Crippen LogP contribution in [0.1, 0.15) is 6.42 Å². The molecule has 0 amide bonds. The number of carbonyl (C=O) groups excluding carboxylic acids is 1. The second-order valence-corrected chi connectivity index (χ2v) is 1.80. The molecule has 1 unspecified atom stereocenters. The second kappa shape index (κ2) is 1.99. The first-order chi connectivity index (χ1) is 3.84. The van der Waals surface area contributed by atoms with Crippen LogP contribution >= 0.6 is 0 Å². The fourth-order valence-corrected chi connectivity index (χ4v) is 0.725. The van der Waals surface area contributed by atoms with Gasteiger partial charge in [0.05, 0.1) is 12.5 Å². The van der Waals surface area contributed by atoms with Gasteiger partial charge in [-0.05, 0) is 6.42 Å². The summed E-state index contributed by atoms with van der Waals surface area (Å²) in [5.41, 5.74) is 0. The van der Waals surface area contributed by atoms with E-state index < -0.39 is 0 Å². The van der Waals surface area contributed by atoms with Crippen LogP contribution in [-0.4, -0.2) is 12.6 Å². The lowest BCUT2D eigenvalue weighted by atomic mass is 10.1. The third kappa shape index (κ3) is 0.735. The van der Waals surface area contributed by atoms with E-state index in [1.807, 2.05) is 0 Å². The Morgan fingerprint density at radius 2 is 2.62 bits per heavy atom. The Hall–Kier alpha value is -0.790. The van der Waals surface area contributed by atoms with Crippen molar-refractivity contribution in [3.63, 3.8) is 0 Å². The number of ether oxygens (including phenoxy) is 1. The van der Waals surface area contributed by atoms with Crippen molar-refractivity contribution in [2.75, 3.05) is 6.61 Å². The van der Waals surface area contributed by atoms with Gasteiger partial charge in [-0.2, -0.15) is 0 Å². The Morgan fingerprint density at radius 1 is 1.88 bits per heavy atom. The molecule has 1 aliphatic heterocycles. The molecule has 2 heteroatoms. The Bertz CT molecular complexity index is 118. The molecule has 1 saturated heterocycles. The maximum atomic E-state index is 10.5. The summed E-state index contributed by atoms with van der Waals surface area (Å²) in [7, 11) is 0. The highest BCUT2D eigenvalue weighted by molar-refractivity contribution is 5.75. The first kappa shape index (κ1) is 5.35. The van der Waals surface area contributed by atoms with Gasteiger partial charge in [0.2, 0.25) is 0 Å². The van der Waals surface area contributed by atoms with Crippen molar-refractivity contribution in [1.82, 2.24) is 0 Å². The van der Waals surface area contributed by atoms with Crippen molar-refractivity contribution >= 4 is 5.97 Å². The van der Waals surface area contributed by atoms with E-state index >= 15 is 0 Å². The van der Waals surface area contributed by atoms with Gasteiger partial charge in [0, 0.05) is 0 Å². The van der Waals surface area contributed by atoms with E-state index in [-0.39, 0.29) is 11.9 Å². The maximum absolute atomic E-state index is 10.5. The van der Waals surface area contributed by atoms with Crippen molar-refractivity contribution < 1.29 is 9.53 Å². The van der Waals surface area contributed by atoms with Gasteiger partial charge in [-0.3, -0.25) is 4.79 Å². The van der Waals surface area contributed by atoms with Crippen LogP contribution in [0.5, 0.6) is 0 Å². The van der Waals surface area contributed by atoms with Crippen molar-refractivity contribution in [1.29, 1.82) is 0 Å². The van der Waals surface area contributed by atoms with Crippen molar-refractivity contribution in [2.24, 2.45) is 5.92 Å². The molecule has 1 fully saturated rings. The Labute approximate surface area is 48.1 Å². The minimum atomic E-state index is -0.125. The van der Waals surface area contributed by atoms with Gasteiger partial charge in [-0.15, -0.1) is 6.58 Å². The second-order valence-electron chi connectivity index (χ2n) is 1.80. The lowest BCUT2D eigenvalue weighted by Crippen LogP contribution is -2.02. The summed E-state index contributed by atoms with van der Waals surface area (Å²) in [4.78, 5) is 10.5. The monoisotopic (exact) mass is 112 g/mol. The van der Waals surface area contributed by atoms with E-state index in [4.69, 9.17) is 0 Å². The molecule has 1 aliphatic rings. The summed E-state index contributed by atoms with van der Waals surface area (Å²) >= 11 is 0. The van der Waals surface area contributed by atoms with E-state index in [1.165, 1.54) is 0 Å². The summed E-state index contributed by atoms with van der Waals surface area (Å²) < 4.78 is 4.65. The molecule has 0 N–H and O–H groups in total. The Morgan fingerprint density at radius 3 is 2.88 bits per heavy atom. The molecule has 44 valence electrons. The molecule has 1 heterocycles.